The van der Waals surface area contributed by atoms with E-state index in [-0.39, 0.29) is 38.8 Å². The van der Waals surface area contributed by atoms with Crippen LogP contribution in [0.1, 0.15) is 16.4 Å². The summed E-state index contributed by atoms with van der Waals surface area (Å²) in [6, 6.07) is 10.4. The van der Waals surface area contributed by atoms with Crippen molar-refractivity contribution in [3.8, 4) is 17.1 Å². The minimum Gasteiger partial charge on any atom is -0.382 e. The maximum atomic E-state index is 13.1. The Kier molecular flexibility index (Phi) is 7.33. The van der Waals surface area contributed by atoms with E-state index in [1.165, 1.54) is 36.4 Å². The standard InChI is InChI=1S/C21H15Cl3F3N7O3/c22-11-6-4-10(5-7-11)18-31-33(20(37)32(18)8-14(35)21(25,26)27)9-15-29-19(17(28)36)34(30-15)16-12(23)2-1-3-13(16)24/h1-7,14,35H,8-9H2,(H2,28,36). The molecule has 0 bridgehead atoms. The number of alkyl halides is 3. The number of benzene rings is 2. The van der Waals surface area contributed by atoms with Crippen LogP contribution in [0.25, 0.3) is 17.1 Å². The third-order valence-corrected chi connectivity index (χ3v) is 5.93. The van der Waals surface area contributed by atoms with Crippen LogP contribution in [-0.2, 0) is 13.1 Å². The van der Waals surface area contributed by atoms with Crippen molar-refractivity contribution in [3.63, 3.8) is 0 Å². The zero-order chi connectivity index (χ0) is 27.1. The number of amides is 1. The first kappa shape index (κ1) is 26.7. The number of para-hydroxylation sites is 1. The fourth-order valence-electron chi connectivity index (χ4n) is 3.36. The molecule has 1 atom stereocenters. The molecule has 2 aromatic heterocycles. The van der Waals surface area contributed by atoms with Crippen molar-refractivity contribution in [1.29, 1.82) is 0 Å². The first-order valence-electron chi connectivity index (χ1n) is 10.2. The minimum atomic E-state index is -4.98. The highest BCUT2D eigenvalue weighted by Crippen LogP contribution is 2.29. The fourth-order valence-corrected chi connectivity index (χ4v) is 4.04. The molecular formula is C21H15Cl3F3N7O3. The van der Waals surface area contributed by atoms with E-state index in [2.05, 4.69) is 15.2 Å². The number of hydrogen-bond acceptors (Lipinski definition) is 6. The van der Waals surface area contributed by atoms with Crippen LogP contribution in [0.15, 0.2) is 47.3 Å². The Morgan fingerprint density at radius 1 is 1.05 bits per heavy atom. The molecule has 1 unspecified atom stereocenters. The molecule has 0 aliphatic carbocycles. The van der Waals surface area contributed by atoms with Gasteiger partial charge in [0.15, 0.2) is 17.8 Å². The van der Waals surface area contributed by atoms with Gasteiger partial charge in [0, 0.05) is 10.6 Å². The monoisotopic (exact) mass is 575 g/mol. The number of aliphatic hydroxyl groups excluding tert-OH is 1. The van der Waals surface area contributed by atoms with Crippen LogP contribution in [0.2, 0.25) is 15.1 Å². The molecule has 0 radical (unpaired) electrons. The van der Waals surface area contributed by atoms with Gasteiger partial charge in [-0.05, 0) is 36.4 Å². The minimum absolute atomic E-state index is 0.103. The second-order valence-corrected chi connectivity index (χ2v) is 8.89. The summed E-state index contributed by atoms with van der Waals surface area (Å²) >= 11 is 18.3. The Labute approximate surface area is 220 Å². The third kappa shape index (κ3) is 5.49. The average Bonchev–Trinajstić information content (AvgIpc) is 3.36. The van der Waals surface area contributed by atoms with Crippen LogP contribution in [0.4, 0.5) is 13.2 Å². The predicted octanol–water partition coefficient (Wildman–Crippen LogP) is 3.32. The number of rotatable bonds is 7. The molecular weight excluding hydrogens is 562 g/mol. The van der Waals surface area contributed by atoms with E-state index in [9.17, 15) is 27.9 Å². The molecule has 0 spiro atoms. The van der Waals surface area contributed by atoms with E-state index in [0.717, 1.165) is 9.36 Å². The number of aromatic nitrogens is 6. The molecule has 2 heterocycles. The Balaban J connectivity index is 1.80. The van der Waals surface area contributed by atoms with Gasteiger partial charge in [-0.25, -0.2) is 19.1 Å². The van der Waals surface area contributed by atoms with E-state index in [1.807, 2.05) is 0 Å². The topological polar surface area (TPSA) is 134 Å². The van der Waals surface area contributed by atoms with Crippen molar-refractivity contribution in [2.45, 2.75) is 25.4 Å². The van der Waals surface area contributed by atoms with Crippen LogP contribution in [0, 0.1) is 0 Å². The smallest absolute Gasteiger partial charge is 0.382 e. The highest BCUT2D eigenvalue weighted by molar-refractivity contribution is 6.37. The molecule has 1 amide bonds. The van der Waals surface area contributed by atoms with Crippen molar-refractivity contribution in [1.82, 2.24) is 29.1 Å². The van der Waals surface area contributed by atoms with Crippen molar-refractivity contribution in [3.05, 3.63) is 79.7 Å². The number of carbonyl (C=O) groups excluding carboxylic acids is 1. The molecule has 4 aromatic rings. The molecule has 4 rings (SSSR count). The lowest BCUT2D eigenvalue weighted by Crippen LogP contribution is -2.37. The Morgan fingerprint density at radius 3 is 2.24 bits per heavy atom. The molecule has 16 heteroatoms. The zero-order valence-corrected chi connectivity index (χ0v) is 20.6. The number of aliphatic hydroxyl groups is 1. The first-order chi connectivity index (χ1) is 17.4. The maximum Gasteiger partial charge on any atom is 0.416 e. The summed E-state index contributed by atoms with van der Waals surface area (Å²) in [5.41, 5.74) is 4.78. The lowest BCUT2D eigenvalue weighted by molar-refractivity contribution is -0.207. The Morgan fingerprint density at radius 2 is 1.68 bits per heavy atom. The number of hydrogen-bond donors (Lipinski definition) is 2. The summed E-state index contributed by atoms with van der Waals surface area (Å²) in [6.45, 7) is -1.59. The predicted molar refractivity (Wildman–Crippen MR) is 128 cm³/mol. The summed E-state index contributed by atoms with van der Waals surface area (Å²) in [4.78, 5) is 29.1. The lowest BCUT2D eigenvalue weighted by Gasteiger charge is -2.15. The molecule has 0 fully saturated rings. The number of primary amides is 1. The summed E-state index contributed by atoms with van der Waals surface area (Å²) in [5, 5.41) is 18.5. The van der Waals surface area contributed by atoms with Gasteiger partial charge in [0.1, 0.15) is 12.2 Å². The van der Waals surface area contributed by atoms with Crippen LogP contribution in [0.5, 0.6) is 0 Å². The van der Waals surface area contributed by atoms with Gasteiger partial charge in [-0.1, -0.05) is 40.9 Å². The van der Waals surface area contributed by atoms with Crippen LogP contribution in [-0.4, -0.2) is 52.4 Å². The average molecular weight is 577 g/mol. The lowest BCUT2D eigenvalue weighted by atomic mass is 10.2. The highest BCUT2D eigenvalue weighted by atomic mass is 35.5. The van der Waals surface area contributed by atoms with Gasteiger partial charge >= 0.3 is 11.9 Å². The van der Waals surface area contributed by atoms with E-state index < -0.39 is 37.0 Å². The van der Waals surface area contributed by atoms with E-state index in [0.29, 0.717) is 9.59 Å². The molecule has 0 aliphatic rings. The second-order valence-electron chi connectivity index (χ2n) is 7.64. The molecule has 10 nitrogen and oxygen atoms in total. The maximum absolute atomic E-state index is 13.1. The van der Waals surface area contributed by atoms with Gasteiger partial charge < -0.3 is 10.8 Å². The van der Waals surface area contributed by atoms with Crippen LogP contribution < -0.4 is 11.4 Å². The second kappa shape index (κ2) is 10.2. The van der Waals surface area contributed by atoms with Gasteiger partial charge in [0.25, 0.3) is 5.91 Å². The number of halogens is 6. The number of nitrogens with zero attached hydrogens (tertiary/aromatic N) is 6. The Hall–Kier alpha value is -3.39. The highest BCUT2D eigenvalue weighted by Gasteiger charge is 2.39. The largest absolute Gasteiger partial charge is 0.416 e. The Bertz CT molecular complexity index is 1510. The van der Waals surface area contributed by atoms with Crippen molar-refractivity contribution in [2.75, 3.05) is 0 Å². The molecule has 0 saturated carbocycles. The van der Waals surface area contributed by atoms with Gasteiger partial charge in [-0.15, -0.1) is 10.2 Å². The normalized spacial score (nSPS) is 12.6. The fraction of sp³-hybridized carbons (Fsp3) is 0.190. The summed E-state index contributed by atoms with van der Waals surface area (Å²) in [5.74, 6) is -1.66. The molecule has 3 N–H and O–H groups in total. The van der Waals surface area contributed by atoms with Gasteiger partial charge in [0.05, 0.1) is 16.6 Å². The third-order valence-electron chi connectivity index (χ3n) is 5.07. The van der Waals surface area contributed by atoms with Crippen molar-refractivity contribution < 1.29 is 23.1 Å². The van der Waals surface area contributed by atoms with Gasteiger partial charge in [0.2, 0.25) is 5.82 Å². The zero-order valence-electron chi connectivity index (χ0n) is 18.3. The summed E-state index contributed by atoms with van der Waals surface area (Å²) < 4.78 is 41.6. The molecule has 37 heavy (non-hydrogen) atoms. The molecule has 194 valence electrons. The first-order valence-corrected chi connectivity index (χ1v) is 11.4. The molecule has 2 aromatic carbocycles. The van der Waals surface area contributed by atoms with Crippen LogP contribution in [0.3, 0.4) is 0 Å². The molecule has 0 saturated heterocycles. The van der Waals surface area contributed by atoms with Crippen molar-refractivity contribution >= 4 is 40.7 Å². The quantitative estimate of drug-likeness (QED) is 0.347. The van der Waals surface area contributed by atoms with E-state index in [1.54, 1.807) is 6.07 Å². The van der Waals surface area contributed by atoms with E-state index in [4.69, 9.17) is 40.5 Å². The SMILES string of the molecule is NC(=O)c1nc(Cn2nc(-c3ccc(Cl)cc3)n(CC(O)C(F)(F)F)c2=O)nn1-c1c(Cl)cccc1Cl. The number of nitrogens with two attached hydrogens (primary N) is 1. The van der Waals surface area contributed by atoms with Crippen LogP contribution >= 0.6 is 34.8 Å². The van der Waals surface area contributed by atoms with Gasteiger partial charge in [-0.3, -0.25) is 9.36 Å². The molecule has 0 aliphatic heterocycles. The number of carbonyl (C=O) groups is 1. The summed E-state index contributed by atoms with van der Waals surface area (Å²) in [7, 11) is 0. The van der Waals surface area contributed by atoms with E-state index >= 15 is 0 Å². The van der Waals surface area contributed by atoms with Gasteiger partial charge in [-0.2, -0.15) is 13.2 Å². The summed E-state index contributed by atoms with van der Waals surface area (Å²) in [6.07, 6.45) is -7.82. The van der Waals surface area contributed by atoms with Crippen molar-refractivity contribution in [2.24, 2.45) is 5.73 Å².